The van der Waals surface area contributed by atoms with Gasteiger partial charge in [0.2, 0.25) is 0 Å². The third-order valence-electron chi connectivity index (χ3n) is 3.75. The highest BCUT2D eigenvalue weighted by Gasteiger charge is 2.18. The molecule has 0 aliphatic heterocycles. The van der Waals surface area contributed by atoms with Crippen LogP contribution in [0.4, 0.5) is 10.5 Å². The van der Waals surface area contributed by atoms with Crippen molar-refractivity contribution in [3.8, 4) is 0 Å². The number of benzene rings is 1. The Morgan fingerprint density at radius 2 is 1.81 bits per heavy atom. The first-order valence-corrected chi connectivity index (χ1v) is 8.43. The summed E-state index contributed by atoms with van der Waals surface area (Å²) in [5.74, 6) is -0.627. The maximum absolute atomic E-state index is 12.5. The van der Waals surface area contributed by atoms with Gasteiger partial charge in [-0.15, -0.1) is 0 Å². The number of carbonyl (C=O) groups is 3. The number of nitrogens with zero attached hydrogens (tertiary/aromatic N) is 1. The smallest absolute Gasteiger partial charge is 0.339 e. The van der Waals surface area contributed by atoms with Crippen LogP contribution in [0, 0.1) is 6.92 Å². The highest BCUT2D eigenvalue weighted by molar-refractivity contribution is 5.95. The summed E-state index contributed by atoms with van der Waals surface area (Å²) in [6.45, 7) is 5.42. The highest BCUT2D eigenvalue weighted by Crippen LogP contribution is 2.17. The molecular formula is C19H23N3O5. The van der Waals surface area contributed by atoms with Gasteiger partial charge in [-0.2, -0.15) is 0 Å². The number of nitrogens with one attached hydrogen (secondary N) is 2. The zero-order valence-electron chi connectivity index (χ0n) is 15.7. The van der Waals surface area contributed by atoms with Crippen LogP contribution < -0.4 is 10.6 Å². The number of furan rings is 1. The monoisotopic (exact) mass is 373 g/mol. The molecule has 1 aromatic carbocycles. The molecule has 0 aliphatic rings. The summed E-state index contributed by atoms with van der Waals surface area (Å²) in [5.41, 5.74) is 1.09. The van der Waals surface area contributed by atoms with Crippen molar-refractivity contribution in [1.29, 1.82) is 0 Å². The Morgan fingerprint density at radius 3 is 2.33 bits per heavy atom. The van der Waals surface area contributed by atoms with Crippen LogP contribution in [0.25, 0.3) is 0 Å². The Morgan fingerprint density at radius 1 is 1.19 bits per heavy atom. The first-order chi connectivity index (χ1) is 12.7. The van der Waals surface area contributed by atoms with Crippen LogP contribution in [0.15, 0.2) is 34.7 Å². The number of aryl methyl sites for hydroxylation is 1. The van der Waals surface area contributed by atoms with Crippen molar-refractivity contribution in [2.75, 3.05) is 12.4 Å². The summed E-state index contributed by atoms with van der Waals surface area (Å²) in [6.07, 6.45) is 0. The molecule has 8 nitrogen and oxygen atoms in total. The molecule has 1 aromatic heterocycles. The quantitative estimate of drug-likeness (QED) is 0.720. The van der Waals surface area contributed by atoms with E-state index >= 15 is 0 Å². The van der Waals surface area contributed by atoms with Crippen molar-refractivity contribution < 1.29 is 23.9 Å². The van der Waals surface area contributed by atoms with Crippen molar-refractivity contribution in [2.45, 2.75) is 33.4 Å². The van der Waals surface area contributed by atoms with Gasteiger partial charge >= 0.3 is 12.0 Å². The fourth-order valence-electron chi connectivity index (χ4n) is 2.49. The number of amides is 3. The van der Waals surface area contributed by atoms with E-state index in [1.165, 1.54) is 11.0 Å². The molecule has 2 rings (SSSR count). The molecule has 2 aromatic rings. The number of aromatic carboxylic acids is 1. The molecule has 27 heavy (non-hydrogen) atoms. The van der Waals surface area contributed by atoms with Crippen molar-refractivity contribution in [1.82, 2.24) is 10.2 Å². The van der Waals surface area contributed by atoms with Crippen molar-refractivity contribution >= 4 is 23.6 Å². The summed E-state index contributed by atoms with van der Waals surface area (Å²) in [5, 5.41) is 14.5. The number of carboxylic acid groups (broad SMARTS) is 1. The van der Waals surface area contributed by atoms with Crippen LogP contribution in [-0.2, 0) is 6.54 Å². The standard InChI is InChI=1S/C19H23N3O5/c1-11(2)20-19(26)21-14-7-5-13(6-8-14)17(23)22(4)10-15-9-16(18(24)25)12(3)27-15/h5-9,11H,10H2,1-4H3,(H,24,25)(H2,20,21,26). The van der Waals surface area contributed by atoms with Gasteiger partial charge in [0, 0.05) is 24.3 Å². The Kier molecular flexibility index (Phi) is 6.23. The lowest BCUT2D eigenvalue weighted by molar-refractivity contribution is 0.0694. The lowest BCUT2D eigenvalue weighted by atomic mass is 10.2. The number of urea groups is 1. The Labute approximate surface area is 157 Å². The van der Waals surface area contributed by atoms with Gasteiger partial charge in [-0.05, 0) is 51.1 Å². The topological polar surface area (TPSA) is 112 Å². The predicted octanol–water partition coefficient (Wildman–Crippen LogP) is 3.09. The average Bonchev–Trinajstić information content (AvgIpc) is 2.94. The number of hydrogen-bond acceptors (Lipinski definition) is 4. The van der Waals surface area contributed by atoms with Gasteiger partial charge in [0.15, 0.2) is 0 Å². The molecule has 0 radical (unpaired) electrons. The number of anilines is 1. The maximum atomic E-state index is 12.5. The second-order valence-corrected chi connectivity index (χ2v) is 6.48. The van der Waals surface area contributed by atoms with E-state index in [9.17, 15) is 14.4 Å². The van der Waals surface area contributed by atoms with Gasteiger partial charge in [-0.3, -0.25) is 4.79 Å². The van der Waals surface area contributed by atoms with E-state index in [-0.39, 0.29) is 30.1 Å². The molecule has 0 saturated carbocycles. The molecule has 3 amide bonds. The number of rotatable bonds is 6. The second kappa shape index (κ2) is 8.39. The van der Waals surface area contributed by atoms with Gasteiger partial charge in [0.1, 0.15) is 17.1 Å². The molecule has 0 aliphatic carbocycles. The van der Waals surface area contributed by atoms with Crippen LogP contribution in [0.2, 0.25) is 0 Å². The van der Waals surface area contributed by atoms with Crippen LogP contribution in [0.3, 0.4) is 0 Å². The van der Waals surface area contributed by atoms with Crippen LogP contribution in [-0.4, -0.2) is 41.0 Å². The van der Waals surface area contributed by atoms with Crippen LogP contribution >= 0.6 is 0 Å². The van der Waals surface area contributed by atoms with Crippen molar-refractivity contribution in [2.24, 2.45) is 0 Å². The van der Waals surface area contributed by atoms with E-state index in [1.54, 1.807) is 38.2 Å². The zero-order chi connectivity index (χ0) is 20.1. The van der Waals surface area contributed by atoms with E-state index in [0.29, 0.717) is 22.8 Å². The summed E-state index contributed by atoms with van der Waals surface area (Å²) >= 11 is 0. The number of hydrogen-bond donors (Lipinski definition) is 3. The molecule has 8 heteroatoms. The summed E-state index contributed by atoms with van der Waals surface area (Å²) < 4.78 is 5.40. The fraction of sp³-hybridized carbons (Fsp3) is 0.316. The lowest BCUT2D eigenvalue weighted by Gasteiger charge is -2.16. The Hall–Kier alpha value is -3.29. The minimum atomic E-state index is -1.07. The van der Waals surface area contributed by atoms with Gasteiger partial charge < -0.3 is 25.1 Å². The molecule has 1 heterocycles. The first kappa shape index (κ1) is 20.0. The van der Waals surface area contributed by atoms with Gasteiger partial charge in [-0.1, -0.05) is 0 Å². The number of carboxylic acids is 1. The van der Waals surface area contributed by atoms with Gasteiger partial charge in [-0.25, -0.2) is 9.59 Å². The molecule has 0 unspecified atom stereocenters. The van der Waals surface area contributed by atoms with Crippen LogP contribution in [0.1, 0.15) is 46.1 Å². The molecule has 0 saturated heterocycles. The molecule has 0 spiro atoms. The Bertz CT molecular complexity index is 840. The molecule has 0 atom stereocenters. The van der Waals surface area contributed by atoms with Gasteiger partial charge in [0.25, 0.3) is 5.91 Å². The summed E-state index contributed by atoms with van der Waals surface area (Å²) in [4.78, 5) is 36.7. The molecule has 3 N–H and O–H groups in total. The third kappa shape index (κ3) is 5.34. The second-order valence-electron chi connectivity index (χ2n) is 6.48. The minimum Gasteiger partial charge on any atom is -0.478 e. The lowest BCUT2D eigenvalue weighted by Crippen LogP contribution is -2.34. The van der Waals surface area contributed by atoms with Crippen LogP contribution in [0.5, 0.6) is 0 Å². The van der Waals surface area contributed by atoms with Crippen molar-refractivity contribution in [3.63, 3.8) is 0 Å². The Balaban J connectivity index is 2.01. The largest absolute Gasteiger partial charge is 0.478 e. The average molecular weight is 373 g/mol. The molecule has 144 valence electrons. The van der Waals surface area contributed by atoms with E-state index in [0.717, 1.165) is 0 Å². The predicted molar refractivity (Wildman–Crippen MR) is 99.9 cm³/mol. The van der Waals surface area contributed by atoms with E-state index < -0.39 is 5.97 Å². The highest BCUT2D eigenvalue weighted by atomic mass is 16.4. The SMILES string of the molecule is Cc1oc(CN(C)C(=O)c2ccc(NC(=O)NC(C)C)cc2)cc1C(=O)O. The molecule has 0 fully saturated rings. The minimum absolute atomic E-state index is 0.0198. The fourth-order valence-corrected chi connectivity index (χ4v) is 2.49. The summed E-state index contributed by atoms with van der Waals surface area (Å²) in [6, 6.07) is 7.62. The third-order valence-corrected chi connectivity index (χ3v) is 3.75. The normalized spacial score (nSPS) is 10.6. The van der Waals surface area contributed by atoms with E-state index in [2.05, 4.69) is 10.6 Å². The van der Waals surface area contributed by atoms with Crippen molar-refractivity contribution in [3.05, 3.63) is 53.0 Å². The zero-order valence-corrected chi connectivity index (χ0v) is 15.7. The molecular weight excluding hydrogens is 350 g/mol. The maximum Gasteiger partial charge on any atom is 0.339 e. The van der Waals surface area contributed by atoms with E-state index in [4.69, 9.17) is 9.52 Å². The summed E-state index contributed by atoms with van der Waals surface area (Å²) in [7, 11) is 1.60. The number of carbonyl (C=O) groups excluding carboxylic acids is 2. The van der Waals surface area contributed by atoms with E-state index in [1.807, 2.05) is 13.8 Å². The van der Waals surface area contributed by atoms with Gasteiger partial charge in [0.05, 0.1) is 6.54 Å². The first-order valence-electron chi connectivity index (χ1n) is 8.43. The molecule has 0 bridgehead atoms.